The number of thioether (sulfide) groups is 1. The fraction of sp³-hybridized carbons (Fsp3) is 0.267. The first-order valence-corrected chi connectivity index (χ1v) is 8.43. The third-order valence-electron chi connectivity index (χ3n) is 3.51. The van der Waals surface area contributed by atoms with Gasteiger partial charge < -0.3 is 0 Å². The largest absolute Gasteiger partial charge is 0.297 e. The van der Waals surface area contributed by atoms with Crippen LogP contribution in [0.4, 0.5) is 0 Å². The number of hydrogen-bond acceptors (Lipinski definition) is 3. The second-order valence-electron chi connectivity index (χ2n) is 4.64. The monoisotopic (exact) mass is 308 g/mol. The van der Waals surface area contributed by atoms with Crippen molar-refractivity contribution < 1.29 is 4.79 Å². The van der Waals surface area contributed by atoms with Crippen LogP contribution < -0.4 is 0 Å². The highest BCUT2D eigenvalue weighted by Crippen LogP contribution is 2.52. The summed E-state index contributed by atoms with van der Waals surface area (Å²) >= 11 is 9.62. The molecule has 1 unspecified atom stereocenters. The molecule has 2 heterocycles. The lowest BCUT2D eigenvalue weighted by atomic mass is 9.88. The van der Waals surface area contributed by atoms with Crippen molar-refractivity contribution in [3.8, 4) is 0 Å². The molecule has 1 aromatic carbocycles. The highest BCUT2D eigenvalue weighted by molar-refractivity contribution is 8.00. The second-order valence-corrected chi connectivity index (χ2v) is 7.42. The van der Waals surface area contributed by atoms with Crippen molar-refractivity contribution in [3.63, 3.8) is 0 Å². The van der Waals surface area contributed by atoms with Crippen LogP contribution in [0, 0.1) is 0 Å². The van der Waals surface area contributed by atoms with Gasteiger partial charge in [0.2, 0.25) is 0 Å². The summed E-state index contributed by atoms with van der Waals surface area (Å²) in [6.07, 6.45) is 3.23. The second kappa shape index (κ2) is 5.31. The van der Waals surface area contributed by atoms with E-state index in [1.807, 2.05) is 30.0 Å². The third-order valence-corrected chi connectivity index (χ3v) is 6.27. The number of benzene rings is 1. The molecule has 3 rings (SSSR count). The number of carbonyl (C=O) groups is 1. The Morgan fingerprint density at radius 2 is 2.16 bits per heavy atom. The van der Waals surface area contributed by atoms with E-state index in [2.05, 4.69) is 17.5 Å². The zero-order valence-corrected chi connectivity index (χ0v) is 12.7. The van der Waals surface area contributed by atoms with E-state index in [-0.39, 0.29) is 4.75 Å². The molecule has 19 heavy (non-hydrogen) atoms. The molecule has 0 amide bonds. The molecule has 1 aliphatic rings. The summed E-state index contributed by atoms with van der Waals surface area (Å²) in [7, 11) is 0. The lowest BCUT2D eigenvalue weighted by molar-refractivity contribution is 0.112. The molecule has 0 aliphatic carbocycles. The minimum atomic E-state index is -0.0251. The number of aldehydes is 1. The predicted molar refractivity (Wildman–Crippen MR) is 83.6 cm³/mol. The topological polar surface area (TPSA) is 17.1 Å². The number of carbonyl (C=O) groups excluding carboxylic acids is 1. The molecular formula is C15H13ClOS2. The molecule has 2 aromatic rings. The van der Waals surface area contributed by atoms with Crippen LogP contribution in [-0.4, -0.2) is 12.0 Å². The Morgan fingerprint density at radius 1 is 1.26 bits per heavy atom. The SMILES string of the molecule is O=Cc1cc(C2(c3cccc(Cl)c3)CCCS2)cs1. The fourth-order valence-electron chi connectivity index (χ4n) is 2.63. The van der Waals surface area contributed by atoms with Crippen molar-refractivity contribution in [2.45, 2.75) is 17.6 Å². The molecular weight excluding hydrogens is 296 g/mol. The van der Waals surface area contributed by atoms with E-state index in [0.717, 1.165) is 28.4 Å². The first-order chi connectivity index (χ1) is 9.24. The zero-order valence-electron chi connectivity index (χ0n) is 10.3. The van der Waals surface area contributed by atoms with Gasteiger partial charge in [-0.3, -0.25) is 4.79 Å². The number of halogens is 1. The van der Waals surface area contributed by atoms with Crippen LogP contribution in [0.5, 0.6) is 0 Å². The average molecular weight is 309 g/mol. The summed E-state index contributed by atoms with van der Waals surface area (Å²) in [5.74, 6) is 1.15. The summed E-state index contributed by atoms with van der Waals surface area (Å²) in [6, 6.07) is 10.1. The Morgan fingerprint density at radius 3 is 2.79 bits per heavy atom. The van der Waals surface area contributed by atoms with Gasteiger partial charge in [-0.15, -0.1) is 23.1 Å². The van der Waals surface area contributed by atoms with E-state index in [1.165, 1.54) is 28.9 Å². The van der Waals surface area contributed by atoms with Gasteiger partial charge in [0.1, 0.15) is 0 Å². The van der Waals surface area contributed by atoms with Crippen molar-refractivity contribution in [2.24, 2.45) is 0 Å². The van der Waals surface area contributed by atoms with Crippen LogP contribution in [0.15, 0.2) is 35.7 Å². The molecule has 0 bridgehead atoms. The Labute approximate surface area is 126 Å². The normalized spacial score (nSPS) is 22.6. The van der Waals surface area contributed by atoms with Gasteiger partial charge in [-0.25, -0.2) is 0 Å². The molecule has 1 atom stereocenters. The molecule has 1 saturated heterocycles. The lowest BCUT2D eigenvalue weighted by Gasteiger charge is -2.28. The molecule has 1 nitrogen and oxygen atoms in total. The van der Waals surface area contributed by atoms with E-state index in [9.17, 15) is 4.79 Å². The Hall–Kier alpha value is -0.770. The maximum atomic E-state index is 10.9. The van der Waals surface area contributed by atoms with Gasteiger partial charge in [-0.05, 0) is 53.3 Å². The van der Waals surface area contributed by atoms with Crippen molar-refractivity contribution in [1.29, 1.82) is 0 Å². The molecule has 98 valence electrons. The van der Waals surface area contributed by atoms with Crippen LogP contribution in [-0.2, 0) is 4.75 Å². The first kappa shape index (κ1) is 13.2. The third kappa shape index (κ3) is 2.35. The van der Waals surface area contributed by atoms with Crippen molar-refractivity contribution in [2.75, 3.05) is 5.75 Å². The van der Waals surface area contributed by atoms with Crippen molar-refractivity contribution in [1.82, 2.24) is 0 Å². The van der Waals surface area contributed by atoms with Gasteiger partial charge in [0, 0.05) is 5.02 Å². The molecule has 1 fully saturated rings. The zero-order chi connectivity index (χ0) is 13.3. The highest BCUT2D eigenvalue weighted by atomic mass is 35.5. The Balaban J connectivity index is 2.11. The minimum absolute atomic E-state index is 0.0251. The van der Waals surface area contributed by atoms with Crippen LogP contribution in [0.3, 0.4) is 0 Å². The smallest absolute Gasteiger partial charge is 0.160 e. The number of hydrogen-bond donors (Lipinski definition) is 0. The van der Waals surface area contributed by atoms with Crippen LogP contribution in [0.1, 0.15) is 33.6 Å². The average Bonchev–Trinajstić information content (AvgIpc) is 3.08. The molecule has 0 saturated carbocycles. The van der Waals surface area contributed by atoms with Gasteiger partial charge in [0.15, 0.2) is 6.29 Å². The van der Waals surface area contributed by atoms with Crippen LogP contribution >= 0.6 is 34.7 Å². The van der Waals surface area contributed by atoms with Gasteiger partial charge in [-0.1, -0.05) is 23.7 Å². The van der Waals surface area contributed by atoms with E-state index >= 15 is 0 Å². The maximum Gasteiger partial charge on any atom is 0.160 e. The van der Waals surface area contributed by atoms with E-state index < -0.39 is 0 Å². The number of thiophene rings is 1. The molecule has 0 N–H and O–H groups in total. The maximum absolute atomic E-state index is 10.9. The quantitative estimate of drug-likeness (QED) is 0.743. The van der Waals surface area contributed by atoms with Crippen molar-refractivity contribution >= 4 is 41.0 Å². The summed E-state index contributed by atoms with van der Waals surface area (Å²) in [4.78, 5) is 11.7. The molecule has 0 radical (unpaired) electrons. The summed E-state index contributed by atoms with van der Waals surface area (Å²) in [5.41, 5.74) is 2.49. The van der Waals surface area contributed by atoms with Gasteiger partial charge in [-0.2, -0.15) is 0 Å². The van der Waals surface area contributed by atoms with Crippen LogP contribution in [0.2, 0.25) is 5.02 Å². The molecule has 1 aliphatic heterocycles. The number of rotatable bonds is 3. The highest BCUT2D eigenvalue weighted by Gasteiger charge is 2.39. The summed E-state index contributed by atoms with van der Waals surface area (Å²) in [5, 5.41) is 2.89. The Kier molecular flexibility index (Phi) is 3.70. The predicted octanol–water partition coefficient (Wildman–Crippen LogP) is 4.98. The van der Waals surface area contributed by atoms with Gasteiger partial charge in [0.25, 0.3) is 0 Å². The lowest BCUT2D eigenvalue weighted by Crippen LogP contribution is -2.19. The first-order valence-electron chi connectivity index (χ1n) is 6.19. The standard InChI is InChI=1S/C15H13ClOS2/c16-13-4-1-3-11(7-13)15(5-2-6-19-15)12-8-14(9-17)18-10-12/h1,3-4,7-10H,2,5-6H2. The van der Waals surface area contributed by atoms with E-state index in [0.29, 0.717) is 0 Å². The molecule has 0 spiro atoms. The molecule has 1 aromatic heterocycles. The minimum Gasteiger partial charge on any atom is -0.297 e. The fourth-order valence-corrected chi connectivity index (χ4v) is 5.18. The van der Waals surface area contributed by atoms with Crippen LogP contribution in [0.25, 0.3) is 0 Å². The van der Waals surface area contributed by atoms with E-state index in [1.54, 1.807) is 0 Å². The molecule has 4 heteroatoms. The van der Waals surface area contributed by atoms with E-state index in [4.69, 9.17) is 11.6 Å². The van der Waals surface area contributed by atoms with Gasteiger partial charge in [0.05, 0.1) is 9.62 Å². The summed E-state index contributed by atoms with van der Waals surface area (Å²) in [6.45, 7) is 0. The van der Waals surface area contributed by atoms with Crippen molar-refractivity contribution in [3.05, 3.63) is 56.7 Å². The Bertz CT molecular complexity index is 600. The summed E-state index contributed by atoms with van der Waals surface area (Å²) < 4.78 is -0.0251. The van der Waals surface area contributed by atoms with Gasteiger partial charge >= 0.3 is 0 Å².